The monoisotopic (exact) mass is 532 g/mol. The molecular formula is C22H37IN4O3. The molecule has 1 amide bonds. The van der Waals surface area contributed by atoms with E-state index in [4.69, 9.17) is 4.74 Å². The first-order valence-electron chi connectivity index (χ1n) is 10.9. The fourth-order valence-corrected chi connectivity index (χ4v) is 3.32. The van der Waals surface area contributed by atoms with Gasteiger partial charge in [-0.05, 0) is 50.8 Å². The van der Waals surface area contributed by atoms with Gasteiger partial charge in [-0.15, -0.1) is 24.0 Å². The average molecular weight is 532 g/mol. The highest BCUT2D eigenvalue weighted by molar-refractivity contribution is 14.0. The van der Waals surface area contributed by atoms with Crippen LogP contribution in [-0.4, -0.2) is 55.9 Å². The Hall–Kier alpha value is -1.55. The maximum atomic E-state index is 12.0. The Labute approximate surface area is 197 Å². The zero-order valence-electron chi connectivity index (χ0n) is 18.0. The summed E-state index contributed by atoms with van der Waals surface area (Å²) in [6.07, 6.45) is 8.53. The lowest BCUT2D eigenvalue weighted by molar-refractivity contribution is 0.0277. The van der Waals surface area contributed by atoms with Crippen LogP contribution in [0.3, 0.4) is 0 Å². The van der Waals surface area contributed by atoms with Crippen molar-refractivity contribution in [3.8, 4) is 5.75 Å². The molecule has 0 radical (unpaired) electrons. The molecule has 1 aliphatic carbocycles. The fraction of sp³-hybridized carbons (Fsp3) is 0.636. The number of amides is 1. The van der Waals surface area contributed by atoms with E-state index in [0.717, 1.165) is 38.5 Å². The van der Waals surface area contributed by atoms with Crippen molar-refractivity contribution < 1.29 is 14.6 Å². The lowest BCUT2D eigenvalue weighted by Gasteiger charge is -2.22. The number of carbonyl (C=O) groups is 1. The first-order chi connectivity index (χ1) is 14.2. The number of halogens is 1. The van der Waals surface area contributed by atoms with Gasteiger partial charge in [0, 0.05) is 38.3 Å². The number of hydrogen-bond acceptors (Lipinski definition) is 4. The minimum absolute atomic E-state index is 0. The van der Waals surface area contributed by atoms with Gasteiger partial charge in [0.15, 0.2) is 5.96 Å². The van der Waals surface area contributed by atoms with Gasteiger partial charge >= 0.3 is 0 Å². The van der Waals surface area contributed by atoms with Gasteiger partial charge in [-0.1, -0.05) is 25.3 Å². The zero-order valence-corrected chi connectivity index (χ0v) is 20.3. The summed E-state index contributed by atoms with van der Waals surface area (Å²) >= 11 is 0. The maximum absolute atomic E-state index is 12.0. The molecule has 1 aromatic rings. The quantitative estimate of drug-likeness (QED) is 0.152. The molecule has 1 saturated carbocycles. The van der Waals surface area contributed by atoms with E-state index >= 15 is 0 Å². The third-order valence-corrected chi connectivity index (χ3v) is 4.86. The zero-order chi connectivity index (χ0) is 20.7. The van der Waals surface area contributed by atoms with Crippen LogP contribution < -0.4 is 16.0 Å². The Balaban J connectivity index is 0.00000450. The van der Waals surface area contributed by atoms with Gasteiger partial charge in [-0.2, -0.15) is 0 Å². The standard InChI is InChI=1S/C22H36N4O3.HI/c1-2-23-22(26-15-8-16-29-20-11-4-3-5-12-20)25-14-7-13-24-21(28)18-9-6-10-19(27)17-18;/h6,9-10,17,20,27H,2-5,7-8,11-16H2,1H3,(H,24,28)(H2,23,25,26);1H. The Morgan fingerprint density at radius 2 is 1.90 bits per heavy atom. The van der Waals surface area contributed by atoms with Gasteiger partial charge in [-0.25, -0.2) is 0 Å². The Morgan fingerprint density at radius 3 is 2.63 bits per heavy atom. The van der Waals surface area contributed by atoms with Gasteiger partial charge in [0.2, 0.25) is 0 Å². The summed E-state index contributed by atoms with van der Waals surface area (Å²) in [6.45, 7) is 5.61. The van der Waals surface area contributed by atoms with Crippen LogP contribution in [-0.2, 0) is 4.74 Å². The van der Waals surface area contributed by atoms with Gasteiger partial charge in [-0.3, -0.25) is 9.79 Å². The number of rotatable bonds is 11. The number of nitrogens with zero attached hydrogens (tertiary/aromatic N) is 1. The maximum Gasteiger partial charge on any atom is 0.251 e. The number of phenols is 1. The molecule has 1 fully saturated rings. The van der Waals surface area contributed by atoms with Crippen LogP contribution in [0.5, 0.6) is 5.75 Å². The average Bonchev–Trinajstić information content (AvgIpc) is 2.73. The third-order valence-electron chi connectivity index (χ3n) is 4.86. The lowest BCUT2D eigenvalue weighted by Crippen LogP contribution is -2.38. The van der Waals surface area contributed by atoms with Crippen molar-refractivity contribution in [2.75, 3.05) is 32.8 Å². The second-order valence-corrected chi connectivity index (χ2v) is 7.33. The van der Waals surface area contributed by atoms with E-state index in [2.05, 4.69) is 20.9 Å². The van der Waals surface area contributed by atoms with Crippen molar-refractivity contribution in [3.05, 3.63) is 29.8 Å². The second-order valence-electron chi connectivity index (χ2n) is 7.33. The molecule has 0 unspecified atom stereocenters. The largest absolute Gasteiger partial charge is 0.508 e. The summed E-state index contributed by atoms with van der Waals surface area (Å²) in [5.74, 6) is 0.699. The Kier molecular flexibility index (Phi) is 14.3. The predicted molar refractivity (Wildman–Crippen MR) is 132 cm³/mol. The van der Waals surface area contributed by atoms with E-state index in [9.17, 15) is 9.90 Å². The Morgan fingerprint density at radius 1 is 1.13 bits per heavy atom. The van der Waals surface area contributed by atoms with Crippen LogP contribution >= 0.6 is 24.0 Å². The number of carbonyl (C=O) groups excluding carboxylic acids is 1. The molecule has 4 N–H and O–H groups in total. The fourth-order valence-electron chi connectivity index (χ4n) is 3.32. The first-order valence-corrected chi connectivity index (χ1v) is 10.9. The number of aromatic hydroxyl groups is 1. The number of hydrogen-bond donors (Lipinski definition) is 4. The lowest BCUT2D eigenvalue weighted by atomic mass is 9.98. The molecule has 0 aromatic heterocycles. The summed E-state index contributed by atoms with van der Waals surface area (Å²) in [4.78, 5) is 16.6. The van der Waals surface area contributed by atoms with Crippen molar-refractivity contribution in [1.29, 1.82) is 0 Å². The van der Waals surface area contributed by atoms with Gasteiger partial charge < -0.3 is 25.8 Å². The summed E-state index contributed by atoms with van der Waals surface area (Å²) in [7, 11) is 0. The van der Waals surface area contributed by atoms with Crippen molar-refractivity contribution >= 4 is 35.8 Å². The molecule has 0 saturated heterocycles. The highest BCUT2D eigenvalue weighted by Crippen LogP contribution is 2.20. The van der Waals surface area contributed by atoms with Crippen LogP contribution in [0.1, 0.15) is 62.2 Å². The summed E-state index contributed by atoms with van der Waals surface area (Å²) in [5, 5.41) is 18.9. The summed E-state index contributed by atoms with van der Waals surface area (Å²) < 4.78 is 5.95. The second kappa shape index (κ2) is 16.2. The first kappa shape index (κ1) is 26.5. The molecule has 30 heavy (non-hydrogen) atoms. The molecule has 2 rings (SSSR count). The Bertz CT molecular complexity index is 637. The van der Waals surface area contributed by atoms with E-state index in [1.807, 2.05) is 6.92 Å². The van der Waals surface area contributed by atoms with Crippen molar-refractivity contribution in [1.82, 2.24) is 16.0 Å². The SMILES string of the molecule is CCNC(=NCCCNC(=O)c1cccc(O)c1)NCCCOC1CCCCC1.I. The van der Waals surface area contributed by atoms with E-state index < -0.39 is 0 Å². The van der Waals surface area contributed by atoms with Crippen LogP contribution in [0, 0.1) is 0 Å². The molecule has 0 atom stereocenters. The number of benzene rings is 1. The van der Waals surface area contributed by atoms with Crippen LogP contribution in [0.2, 0.25) is 0 Å². The number of phenolic OH excluding ortho intramolecular Hbond substituents is 1. The molecule has 8 heteroatoms. The minimum atomic E-state index is -0.187. The van der Waals surface area contributed by atoms with E-state index in [-0.39, 0.29) is 35.6 Å². The van der Waals surface area contributed by atoms with Crippen LogP contribution in [0.25, 0.3) is 0 Å². The molecule has 1 aromatic carbocycles. The van der Waals surface area contributed by atoms with Crippen molar-refractivity contribution in [2.45, 2.75) is 58.0 Å². The highest BCUT2D eigenvalue weighted by atomic mass is 127. The predicted octanol–water partition coefficient (Wildman–Crippen LogP) is 3.42. The van der Waals surface area contributed by atoms with Crippen LogP contribution in [0.4, 0.5) is 0 Å². The normalized spacial score (nSPS) is 14.6. The molecule has 0 spiro atoms. The topological polar surface area (TPSA) is 95.0 Å². The van der Waals surface area contributed by atoms with E-state index in [1.54, 1.807) is 18.2 Å². The number of guanidine groups is 1. The number of aliphatic imine (C=N–C) groups is 1. The number of nitrogens with one attached hydrogen (secondary N) is 3. The van der Waals surface area contributed by atoms with Gasteiger partial charge in [0.25, 0.3) is 5.91 Å². The molecule has 170 valence electrons. The molecule has 0 aliphatic heterocycles. The van der Waals surface area contributed by atoms with Gasteiger partial charge in [0.05, 0.1) is 6.10 Å². The van der Waals surface area contributed by atoms with E-state index in [0.29, 0.717) is 24.8 Å². The van der Waals surface area contributed by atoms with Gasteiger partial charge in [0.1, 0.15) is 5.75 Å². The third kappa shape index (κ3) is 11.0. The van der Waals surface area contributed by atoms with Crippen molar-refractivity contribution in [2.24, 2.45) is 4.99 Å². The summed E-state index contributed by atoms with van der Waals surface area (Å²) in [5.41, 5.74) is 0.457. The minimum Gasteiger partial charge on any atom is -0.508 e. The molecule has 0 bridgehead atoms. The molecule has 0 heterocycles. The molecule has 7 nitrogen and oxygen atoms in total. The number of ether oxygens (including phenoxy) is 1. The molecular weight excluding hydrogens is 495 g/mol. The summed E-state index contributed by atoms with van der Waals surface area (Å²) in [6, 6.07) is 6.34. The highest BCUT2D eigenvalue weighted by Gasteiger charge is 2.13. The van der Waals surface area contributed by atoms with E-state index in [1.165, 1.54) is 38.2 Å². The smallest absolute Gasteiger partial charge is 0.251 e. The van der Waals surface area contributed by atoms with Crippen LogP contribution in [0.15, 0.2) is 29.3 Å². The van der Waals surface area contributed by atoms with Crippen molar-refractivity contribution in [3.63, 3.8) is 0 Å². The molecule has 1 aliphatic rings.